The van der Waals surface area contributed by atoms with Gasteiger partial charge in [0.25, 0.3) is 0 Å². The molecule has 0 bridgehead atoms. The highest BCUT2D eigenvalue weighted by atomic mass is 15.1. The van der Waals surface area contributed by atoms with Gasteiger partial charge < -0.3 is 9.47 Å². The summed E-state index contributed by atoms with van der Waals surface area (Å²) in [6, 6.07) is 86.4. The van der Waals surface area contributed by atoms with Crippen LogP contribution in [-0.4, -0.2) is 4.57 Å². The molecule has 2 aliphatic carbocycles. The van der Waals surface area contributed by atoms with Crippen molar-refractivity contribution < 1.29 is 0 Å². The summed E-state index contributed by atoms with van der Waals surface area (Å²) < 4.78 is 2.60. The zero-order valence-corrected chi connectivity index (χ0v) is 36.8. The second-order valence-electron chi connectivity index (χ2n) is 18.7. The Morgan fingerprint density at radius 3 is 1.59 bits per heavy atom. The van der Waals surface area contributed by atoms with Gasteiger partial charge in [-0.3, -0.25) is 0 Å². The van der Waals surface area contributed by atoms with Gasteiger partial charge in [0, 0.05) is 38.6 Å². The number of hydrogen-bond donors (Lipinski definition) is 0. The predicted octanol–water partition coefficient (Wildman–Crippen LogP) is 16.6. The summed E-state index contributed by atoms with van der Waals surface area (Å²) in [4.78, 5) is 2.53. The molecule has 0 saturated carbocycles. The third kappa shape index (κ3) is 4.80. The average molecular weight is 841 g/mol. The standard InChI is InChI=1S/C64H44N2/c1-63(2)52-30-12-6-23-44(52)47-39-38-42(40-57(47)63)65(58-35-15-9-22-43(58)41-20-4-3-5-21-41)59-36-16-10-26-48(59)50-28-18-33-55-61(50)66-60-37-17-11-27-49(60)51-29-19-34-56(62(51)66)64(55)53-31-13-7-24-45(53)46-25-8-14-32-54(46)64/h3-40H,1-2H3. The van der Waals surface area contributed by atoms with Gasteiger partial charge in [0.15, 0.2) is 0 Å². The summed E-state index contributed by atoms with van der Waals surface area (Å²) >= 11 is 0. The zero-order chi connectivity index (χ0) is 43.7. The molecule has 10 aromatic carbocycles. The summed E-state index contributed by atoms with van der Waals surface area (Å²) in [5.41, 5.74) is 24.3. The van der Waals surface area contributed by atoms with Crippen molar-refractivity contribution in [1.29, 1.82) is 0 Å². The van der Waals surface area contributed by atoms with E-state index < -0.39 is 5.41 Å². The molecule has 0 amide bonds. The SMILES string of the molecule is CC1(C)c2ccccc2-c2ccc(N(c3ccccc3-c3ccccc3)c3ccccc3-c3cccc4c3-n3c5ccccc5c5cccc(c53)C43c4ccccc4-c4ccccc43)cc21. The van der Waals surface area contributed by atoms with Gasteiger partial charge in [-0.25, -0.2) is 0 Å². The summed E-state index contributed by atoms with van der Waals surface area (Å²) in [7, 11) is 0. The lowest BCUT2D eigenvalue weighted by Crippen LogP contribution is -2.33. The summed E-state index contributed by atoms with van der Waals surface area (Å²) in [6.07, 6.45) is 0. The number of hydrogen-bond acceptors (Lipinski definition) is 1. The molecule has 3 aliphatic rings. The summed E-state index contributed by atoms with van der Waals surface area (Å²) in [6.45, 7) is 4.76. The van der Waals surface area contributed by atoms with Gasteiger partial charge in [0.1, 0.15) is 0 Å². The van der Waals surface area contributed by atoms with Crippen LogP contribution in [0.2, 0.25) is 0 Å². The van der Waals surface area contributed by atoms with E-state index in [1.54, 1.807) is 0 Å². The van der Waals surface area contributed by atoms with E-state index in [1.807, 2.05) is 0 Å². The van der Waals surface area contributed by atoms with Crippen molar-refractivity contribution in [1.82, 2.24) is 4.57 Å². The number of benzene rings is 10. The fourth-order valence-electron chi connectivity index (χ4n) is 12.5. The van der Waals surface area contributed by atoms with E-state index in [9.17, 15) is 0 Å². The second kappa shape index (κ2) is 13.7. The van der Waals surface area contributed by atoms with E-state index >= 15 is 0 Å². The van der Waals surface area contributed by atoms with Crippen molar-refractivity contribution in [2.45, 2.75) is 24.7 Å². The topological polar surface area (TPSA) is 8.17 Å². The Kier molecular flexibility index (Phi) is 7.70. The van der Waals surface area contributed by atoms with Crippen LogP contribution in [0.3, 0.4) is 0 Å². The van der Waals surface area contributed by atoms with E-state index in [1.165, 1.54) is 105 Å². The van der Waals surface area contributed by atoms with Crippen LogP contribution < -0.4 is 4.90 Å². The van der Waals surface area contributed by atoms with Crippen molar-refractivity contribution in [2.24, 2.45) is 0 Å². The van der Waals surface area contributed by atoms with E-state index in [4.69, 9.17) is 0 Å². The zero-order valence-electron chi connectivity index (χ0n) is 36.8. The highest BCUT2D eigenvalue weighted by Gasteiger charge is 2.51. The molecule has 1 aromatic heterocycles. The molecule has 310 valence electrons. The van der Waals surface area contributed by atoms with Crippen LogP contribution in [-0.2, 0) is 10.8 Å². The fourth-order valence-corrected chi connectivity index (χ4v) is 12.5. The molecule has 2 heteroatoms. The van der Waals surface area contributed by atoms with Crippen molar-refractivity contribution in [3.63, 3.8) is 0 Å². The molecular formula is C64H44N2. The highest BCUT2D eigenvalue weighted by molar-refractivity contribution is 6.14. The Morgan fingerprint density at radius 2 is 0.848 bits per heavy atom. The Balaban J connectivity index is 1.10. The highest BCUT2D eigenvalue weighted by Crippen LogP contribution is 2.62. The molecule has 0 radical (unpaired) electrons. The van der Waals surface area contributed by atoms with Crippen molar-refractivity contribution in [3.05, 3.63) is 264 Å². The van der Waals surface area contributed by atoms with Gasteiger partial charge >= 0.3 is 0 Å². The van der Waals surface area contributed by atoms with Gasteiger partial charge in [-0.15, -0.1) is 0 Å². The van der Waals surface area contributed by atoms with Crippen molar-refractivity contribution in [2.75, 3.05) is 4.90 Å². The van der Waals surface area contributed by atoms with Crippen LogP contribution in [0.5, 0.6) is 0 Å². The lowest BCUT2D eigenvalue weighted by molar-refractivity contribution is 0.660. The minimum absolute atomic E-state index is 0.166. The fraction of sp³-hybridized carbons (Fsp3) is 0.0625. The van der Waals surface area contributed by atoms with Crippen molar-refractivity contribution in [3.8, 4) is 50.2 Å². The van der Waals surface area contributed by atoms with Crippen LogP contribution >= 0.6 is 0 Å². The molecule has 2 heterocycles. The molecule has 1 aliphatic heterocycles. The minimum atomic E-state index is -0.544. The van der Waals surface area contributed by atoms with Gasteiger partial charge in [-0.1, -0.05) is 214 Å². The largest absolute Gasteiger partial charge is 0.309 e. The Hall–Kier alpha value is -8.20. The van der Waals surface area contributed by atoms with Crippen LogP contribution in [0.1, 0.15) is 47.2 Å². The van der Waals surface area contributed by atoms with E-state index in [-0.39, 0.29) is 5.41 Å². The maximum absolute atomic E-state index is 2.60. The minimum Gasteiger partial charge on any atom is -0.309 e. The van der Waals surface area contributed by atoms with Gasteiger partial charge in [0.05, 0.1) is 33.5 Å². The summed E-state index contributed by atoms with van der Waals surface area (Å²) in [5.74, 6) is 0. The molecule has 11 aromatic rings. The maximum atomic E-state index is 2.60. The molecule has 0 N–H and O–H groups in total. The van der Waals surface area contributed by atoms with E-state index in [0.717, 1.165) is 17.1 Å². The number of nitrogens with zero attached hydrogens (tertiary/aromatic N) is 2. The average Bonchev–Trinajstić information content (AvgIpc) is 3.95. The lowest BCUT2D eigenvalue weighted by atomic mass is 9.65. The molecule has 0 atom stereocenters. The number of anilines is 3. The molecule has 0 fully saturated rings. The first-order chi connectivity index (χ1) is 32.5. The van der Waals surface area contributed by atoms with Gasteiger partial charge in [-0.05, 0) is 91.5 Å². The number of aromatic nitrogens is 1. The van der Waals surface area contributed by atoms with E-state index in [0.29, 0.717) is 0 Å². The van der Waals surface area contributed by atoms with Crippen LogP contribution in [0, 0.1) is 0 Å². The predicted molar refractivity (Wildman–Crippen MR) is 275 cm³/mol. The monoisotopic (exact) mass is 840 g/mol. The number of para-hydroxylation sites is 5. The Bertz CT molecular complexity index is 3760. The van der Waals surface area contributed by atoms with Crippen LogP contribution in [0.15, 0.2) is 231 Å². The maximum Gasteiger partial charge on any atom is 0.0754 e. The Morgan fingerprint density at radius 1 is 0.348 bits per heavy atom. The quantitative estimate of drug-likeness (QED) is 0.168. The van der Waals surface area contributed by atoms with Gasteiger partial charge in [-0.2, -0.15) is 0 Å². The van der Waals surface area contributed by atoms with E-state index in [2.05, 4.69) is 254 Å². The molecular weight excluding hydrogens is 797 g/mol. The lowest BCUT2D eigenvalue weighted by Gasteiger charge is -2.40. The molecule has 1 spiro atoms. The van der Waals surface area contributed by atoms with Crippen molar-refractivity contribution >= 4 is 38.9 Å². The Labute approximate surface area is 385 Å². The molecule has 0 saturated heterocycles. The molecule has 0 unspecified atom stereocenters. The third-order valence-electron chi connectivity index (χ3n) is 15.2. The first-order valence-electron chi connectivity index (χ1n) is 23.2. The normalized spacial score (nSPS) is 14.2. The first-order valence-corrected chi connectivity index (χ1v) is 23.2. The van der Waals surface area contributed by atoms with Crippen LogP contribution in [0.25, 0.3) is 72.0 Å². The second-order valence-corrected chi connectivity index (χ2v) is 18.7. The number of rotatable bonds is 5. The van der Waals surface area contributed by atoms with Gasteiger partial charge in [0.2, 0.25) is 0 Å². The summed E-state index contributed by atoms with van der Waals surface area (Å²) in [5, 5.41) is 2.54. The smallest absolute Gasteiger partial charge is 0.0754 e. The first kappa shape index (κ1) is 37.2. The molecule has 66 heavy (non-hydrogen) atoms. The van der Waals surface area contributed by atoms with Crippen LogP contribution in [0.4, 0.5) is 17.1 Å². The molecule has 2 nitrogen and oxygen atoms in total. The number of fused-ring (bicyclic) bond motifs is 15. The third-order valence-corrected chi connectivity index (χ3v) is 15.2. The molecule has 14 rings (SSSR count).